The Morgan fingerprint density at radius 1 is 0.833 bits per heavy atom. The Morgan fingerprint density at radius 2 is 1.40 bits per heavy atom. The predicted octanol–water partition coefficient (Wildman–Crippen LogP) is 7.05. The molecule has 3 aromatic carbocycles. The minimum atomic E-state index is -0.867. The van der Waals surface area contributed by atoms with Gasteiger partial charge in [-0.05, 0) is 69.1 Å². The Bertz CT molecular complexity index is 1500. The van der Waals surface area contributed by atoms with Crippen LogP contribution in [0, 0.1) is 11.8 Å². The van der Waals surface area contributed by atoms with Crippen molar-refractivity contribution in [3.8, 4) is 0 Å². The third-order valence-corrected chi connectivity index (χ3v) is 8.45. The van der Waals surface area contributed by atoms with Crippen LogP contribution in [0.5, 0.6) is 0 Å². The van der Waals surface area contributed by atoms with E-state index in [1.807, 2.05) is 92.7 Å². The van der Waals surface area contributed by atoms with Crippen LogP contribution in [-0.2, 0) is 42.3 Å². The molecule has 0 radical (unpaired) electrons. The van der Waals surface area contributed by atoms with E-state index in [4.69, 9.17) is 9.47 Å². The first-order chi connectivity index (χ1) is 22.8. The maximum absolute atomic E-state index is 13.9. The van der Waals surface area contributed by atoms with Gasteiger partial charge in [0.15, 0.2) is 5.78 Å². The van der Waals surface area contributed by atoms with Crippen molar-refractivity contribution in [3.05, 3.63) is 108 Å². The Labute approximate surface area is 285 Å². The molecule has 0 unspecified atom stereocenters. The number of Topliss-reactive ketones (excluding diaryl/α,β-unsaturated/α-hetero) is 1. The minimum absolute atomic E-state index is 0.0983. The van der Waals surface area contributed by atoms with Gasteiger partial charge in [0, 0.05) is 24.3 Å². The Morgan fingerprint density at radius 3 is 1.94 bits per heavy atom. The fraction of sp³-hybridized carbons (Fsp3) is 0.450. The highest BCUT2D eigenvalue weighted by molar-refractivity contribution is 5.91. The van der Waals surface area contributed by atoms with Crippen molar-refractivity contribution in [1.29, 1.82) is 0 Å². The van der Waals surface area contributed by atoms with Crippen LogP contribution in [0.25, 0.3) is 0 Å². The molecule has 4 rings (SSSR count). The van der Waals surface area contributed by atoms with E-state index in [0.717, 1.165) is 29.5 Å². The predicted molar refractivity (Wildman–Crippen MR) is 186 cm³/mol. The average molecular weight is 655 g/mol. The van der Waals surface area contributed by atoms with Crippen LogP contribution >= 0.6 is 0 Å². The first-order valence-corrected chi connectivity index (χ1v) is 16.9. The van der Waals surface area contributed by atoms with Gasteiger partial charge in [0.1, 0.15) is 18.2 Å². The molecule has 48 heavy (non-hydrogen) atoms. The number of hydrogen-bond acceptors (Lipinski definition) is 6. The van der Waals surface area contributed by atoms with Gasteiger partial charge in [0.2, 0.25) is 5.91 Å². The lowest BCUT2D eigenvalue weighted by Gasteiger charge is -2.30. The molecule has 0 heterocycles. The number of esters is 1. The highest BCUT2D eigenvalue weighted by Crippen LogP contribution is 2.48. The van der Waals surface area contributed by atoms with E-state index in [0.29, 0.717) is 19.4 Å². The summed E-state index contributed by atoms with van der Waals surface area (Å²) in [4.78, 5) is 55.9. The molecule has 1 fully saturated rings. The summed E-state index contributed by atoms with van der Waals surface area (Å²) < 4.78 is 11.3. The molecule has 1 aliphatic carbocycles. The standard InChI is InChI=1S/C40H50N2O6/c1-29(2)23-35(37(45)47-27-31-17-11-7-12-18-31)41-36(44)32(24-30-15-9-6-10-16-30)25-34(43)26-42(38(46)48-39(3,4)5)28-40(21-22-40)33-19-13-8-14-20-33/h6-20,29,32,35H,21-28H2,1-5H3,(H,41,44)/t32-,35+/m0/s1. The van der Waals surface area contributed by atoms with Gasteiger partial charge < -0.3 is 14.8 Å². The molecule has 1 N–H and O–H groups in total. The van der Waals surface area contributed by atoms with Crippen LogP contribution in [0.1, 0.15) is 77.0 Å². The topological polar surface area (TPSA) is 102 Å². The molecule has 256 valence electrons. The summed E-state index contributed by atoms with van der Waals surface area (Å²) in [5.41, 5.74) is 1.90. The largest absolute Gasteiger partial charge is 0.459 e. The molecule has 1 aliphatic rings. The van der Waals surface area contributed by atoms with Crippen LogP contribution in [-0.4, -0.2) is 53.4 Å². The number of nitrogens with one attached hydrogen (secondary N) is 1. The molecular formula is C40H50N2O6. The molecule has 8 nitrogen and oxygen atoms in total. The first-order valence-electron chi connectivity index (χ1n) is 16.9. The monoisotopic (exact) mass is 654 g/mol. The number of rotatable bonds is 16. The number of ketones is 1. The van der Waals surface area contributed by atoms with E-state index in [9.17, 15) is 19.2 Å². The van der Waals surface area contributed by atoms with E-state index in [2.05, 4.69) is 17.4 Å². The maximum atomic E-state index is 13.9. The van der Waals surface area contributed by atoms with Gasteiger partial charge in [-0.3, -0.25) is 14.5 Å². The molecule has 0 saturated heterocycles. The molecule has 2 atom stereocenters. The molecule has 1 saturated carbocycles. The average Bonchev–Trinajstić information content (AvgIpc) is 3.83. The number of benzene rings is 3. The highest BCUT2D eigenvalue weighted by atomic mass is 16.6. The van der Waals surface area contributed by atoms with Crippen LogP contribution < -0.4 is 5.32 Å². The fourth-order valence-corrected chi connectivity index (χ4v) is 5.87. The lowest BCUT2D eigenvalue weighted by Crippen LogP contribution is -2.47. The van der Waals surface area contributed by atoms with E-state index in [1.165, 1.54) is 4.90 Å². The van der Waals surface area contributed by atoms with Gasteiger partial charge in [-0.1, -0.05) is 105 Å². The number of carbonyl (C=O) groups excluding carboxylic acids is 4. The molecular weight excluding hydrogens is 604 g/mol. The SMILES string of the molecule is CC(C)C[C@@H](NC(=O)[C@H](CC(=O)CN(CC1(c2ccccc2)CC1)C(=O)OC(C)(C)C)Cc1ccccc1)C(=O)OCc1ccccc1. The van der Waals surface area contributed by atoms with Crippen LogP contribution in [0.4, 0.5) is 4.79 Å². The van der Waals surface area contributed by atoms with Crippen molar-refractivity contribution in [2.24, 2.45) is 11.8 Å². The third-order valence-electron chi connectivity index (χ3n) is 8.45. The number of hydrogen-bond donors (Lipinski definition) is 1. The number of carbonyl (C=O) groups is 4. The van der Waals surface area contributed by atoms with Crippen molar-refractivity contribution in [1.82, 2.24) is 10.2 Å². The molecule has 0 aromatic heterocycles. The lowest BCUT2D eigenvalue weighted by atomic mass is 9.92. The van der Waals surface area contributed by atoms with E-state index in [-0.39, 0.29) is 36.7 Å². The van der Waals surface area contributed by atoms with Gasteiger partial charge in [-0.2, -0.15) is 0 Å². The fourth-order valence-electron chi connectivity index (χ4n) is 5.87. The quantitative estimate of drug-likeness (QED) is 0.166. The summed E-state index contributed by atoms with van der Waals surface area (Å²) in [6.45, 7) is 9.60. The van der Waals surface area contributed by atoms with Gasteiger partial charge >= 0.3 is 12.1 Å². The smallest absolute Gasteiger partial charge is 0.410 e. The second-order valence-corrected chi connectivity index (χ2v) is 14.4. The molecule has 0 bridgehead atoms. The summed E-state index contributed by atoms with van der Waals surface area (Å²) >= 11 is 0. The van der Waals surface area contributed by atoms with Gasteiger partial charge in [0.25, 0.3) is 0 Å². The third kappa shape index (κ3) is 11.4. The second-order valence-electron chi connectivity index (χ2n) is 14.4. The Kier molecular flexibility index (Phi) is 12.6. The van der Waals surface area contributed by atoms with Crippen molar-refractivity contribution in [2.45, 2.75) is 90.4 Å². The van der Waals surface area contributed by atoms with Gasteiger partial charge in [-0.25, -0.2) is 9.59 Å². The second kappa shape index (κ2) is 16.6. The van der Waals surface area contributed by atoms with Crippen molar-refractivity contribution in [2.75, 3.05) is 13.1 Å². The van der Waals surface area contributed by atoms with Gasteiger partial charge in [0.05, 0.1) is 6.54 Å². The minimum Gasteiger partial charge on any atom is -0.459 e. The molecule has 8 heteroatoms. The van der Waals surface area contributed by atoms with Crippen molar-refractivity contribution >= 4 is 23.8 Å². The Balaban J connectivity index is 1.50. The Hall–Kier alpha value is -4.46. The van der Waals surface area contributed by atoms with E-state index < -0.39 is 35.5 Å². The normalized spacial score (nSPS) is 14.8. The summed E-state index contributed by atoms with van der Waals surface area (Å²) in [7, 11) is 0. The first kappa shape index (κ1) is 36.4. The highest BCUT2D eigenvalue weighted by Gasteiger charge is 2.47. The van der Waals surface area contributed by atoms with Crippen LogP contribution in [0.15, 0.2) is 91.0 Å². The van der Waals surface area contributed by atoms with Crippen LogP contribution in [0.3, 0.4) is 0 Å². The molecule has 0 aliphatic heterocycles. The van der Waals surface area contributed by atoms with Crippen molar-refractivity contribution < 1.29 is 28.7 Å². The summed E-state index contributed by atoms with van der Waals surface area (Å²) in [5, 5.41) is 2.92. The summed E-state index contributed by atoms with van der Waals surface area (Å²) in [6.07, 6.45) is 1.83. The van der Waals surface area contributed by atoms with Crippen molar-refractivity contribution in [3.63, 3.8) is 0 Å². The van der Waals surface area contributed by atoms with Crippen LogP contribution in [0.2, 0.25) is 0 Å². The lowest BCUT2D eigenvalue weighted by molar-refractivity contribution is -0.150. The number of ether oxygens (including phenoxy) is 2. The molecule has 0 spiro atoms. The van der Waals surface area contributed by atoms with E-state index in [1.54, 1.807) is 20.8 Å². The maximum Gasteiger partial charge on any atom is 0.410 e. The number of amides is 2. The number of nitrogens with zero attached hydrogens (tertiary/aromatic N) is 1. The summed E-state index contributed by atoms with van der Waals surface area (Å²) in [5.74, 6) is -1.83. The zero-order valence-electron chi connectivity index (χ0n) is 28.9. The zero-order chi connectivity index (χ0) is 34.7. The molecule has 3 aromatic rings. The molecule has 2 amide bonds. The van der Waals surface area contributed by atoms with E-state index >= 15 is 0 Å². The van der Waals surface area contributed by atoms with Gasteiger partial charge in [-0.15, -0.1) is 0 Å². The zero-order valence-corrected chi connectivity index (χ0v) is 28.9. The summed E-state index contributed by atoms with van der Waals surface area (Å²) in [6, 6.07) is 28.0.